The molecule has 328 valence electrons. The highest BCUT2D eigenvalue weighted by Crippen LogP contribution is 2.43. The highest BCUT2D eigenvalue weighted by atomic mass is 16.4. The van der Waals surface area contributed by atoms with Crippen LogP contribution in [0.5, 0.6) is 0 Å². The number of aromatic carboxylic acids is 2. The molecule has 7 nitrogen and oxygen atoms in total. The second kappa shape index (κ2) is 16.8. The highest BCUT2D eigenvalue weighted by molar-refractivity contribution is 6.12. The molecular weight excluding hydrogens is 851 g/mol. The first kappa shape index (κ1) is 41.0. The number of hydrogen-bond acceptors (Lipinski definition) is 3. The van der Waals surface area contributed by atoms with Crippen molar-refractivity contribution in [2.24, 2.45) is 0 Å². The molecule has 0 unspecified atom stereocenters. The maximum absolute atomic E-state index is 11.8. The highest BCUT2D eigenvalue weighted by Gasteiger charge is 2.21. The molecule has 2 aromatic heterocycles. The summed E-state index contributed by atoms with van der Waals surface area (Å²) < 4.78 is 4.38. The van der Waals surface area contributed by atoms with Crippen LogP contribution in [-0.4, -0.2) is 31.3 Å². The molecule has 0 aliphatic heterocycles. The van der Waals surface area contributed by atoms with Crippen molar-refractivity contribution in [3.05, 3.63) is 248 Å². The Kier molecular flexibility index (Phi) is 9.96. The zero-order valence-electron chi connectivity index (χ0n) is 37.1. The Labute approximate surface area is 397 Å². The summed E-state index contributed by atoms with van der Waals surface area (Å²) in [4.78, 5) is 25.8. The van der Waals surface area contributed by atoms with Crippen molar-refractivity contribution in [2.75, 3.05) is 4.90 Å². The molecule has 10 aromatic carbocycles. The number of rotatable bonds is 10. The van der Waals surface area contributed by atoms with E-state index in [1.54, 1.807) is 24.3 Å². The van der Waals surface area contributed by atoms with E-state index in [2.05, 4.69) is 184 Å². The minimum absolute atomic E-state index is 0.238. The van der Waals surface area contributed by atoms with E-state index in [1.807, 2.05) is 42.5 Å². The second-order valence-electron chi connectivity index (χ2n) is 17.2. The first-order valence-corrected chi connectivity index (χ1v) is 22.8. The van der Waals surface area contributed by atoms with Crippen LogP contribution < -0.4 is 4.90 Å². The second-order valence-corrected chi connectivity index (χ2v) is 17.2. The Morgan fingerprint density at radius 1 is 0.304 bits per heavy atom. The predicted octanol–water partition coefficient (Wildman–Crippen LogP) is 15.7. The standard InChI is InChI=1S/C62H41N3O4/c66-61(67)46-24-30-49(31-25-46)64-57-12-6-4-10-53(57)55-38-51(34-36-59(55)64)63(52-35-37-60-56(39-52)54-11-5-7-13-58(54)65(60)50-32-26-47(27-33-50)62(68)69)48-28-22-45(23-29-48)44-20-18-43(19-21-44)42-16-14-41(15-17-42)40-8-2-1-3-9-40/h1-39H,(H,66,67)(H,68,69). The zero-order chi connectivity index (χ0) is 46.6. The van der Waals surface area contributed by atoms with Crippen LogP contribution >= 0.6 is 0 Å². The zero-order valence-corrected chi connectivity index (χ0v) is 37.1. The van der Waals surface area contributed by atoms with Crippen LogP contribution in [-0.2, 0) is 0 Å². The van der Waals surface area contributed by atoms with Crippen molar-refractivity contribution in [1.82, 2.24) is 9.13 Å². The molecule has 2 heterocycles. The van der Waals surface area contributed by atoms with E-state index in [1.165, 1.54) is 16.7 Å². The van der Waals surface area contributed by atoms with Crippen molar-refractivity contribution in [2.45, 2.75) is 0 Å². The van der Waals surface area contributed by atoms with Crippen LogP contribution in [0.15, 0.2) is 237 Å². The van der Waals surface area contributed by atoms with Gasteiger partial charge in [-0.2, -0.15) is 0 Å². The number of fused-ring (bicyclic) bond motifs is 6. The fraction of sp³-hybridized carbons (Fsp3) is 0. The van der Waals surface area contributed by atoms with Gasteiger partial charge in [-0.1, -0.05) is 127 Å². The molecule has 0 saturated heterocycles. The van der Waals surface area contributed by atoms with E-state index in [0.717, 1.165) is 88.7 Å². The number of hydrogen-bond donors (Lipinski definition) is 2. The van der Waals surface area contributed by atoms with Gasteiger partial charge < -0.3 is 24.2 Å². The Morgan fingerprint density at radius 3 is 1.01 bits per heavy atom. The lowest BCUT2D eigenvalue weighted by atomic mass is 9.98. The fourth-order valence-electron chi connectivity index (χ4n) is 9.85. The van der Waals surface area contributed by atoms with E-state index < -0.39 is 11.9 Å². The number of aromatic nitrogens is 2. The Balaban J connectivity index is 0.968. The van der Waals surface area contributed by atoms with Crippen molar-refractivity contribution >= 4 is 72.6 Å². The summed E-state index contributed by atoms with van der Waals surface area (Å²) in [6.45, 7) is 0. The number of carboxylic acids is 2. The normalized spacial score (nSPS) is 11.4. The Morgan fingerprint density at radius 2 is 0.623 bits per heavy atom. The van der Waals surface area contributed by atoms with E-state index in [-0.39, 0.29) is 11.1 Å². The van der Waals surface area contributed by atoms with Crippen LogP contribution in [0.1, 0.15) is 20.7 Å². The van der Waals surface area contributed by atoms with Gasteiger partial charge in [-0.05, 0) is 143 Å². The number of anilines is 3. The van der Waals surface area contributed by atoms with Crippen LogP contribution in [0.3, 0.4) is 0 Å². The van der Waals surface area contributed by atoms with Crippen LogP contribution in [0.25, 0.3) is 88.4 Å². The maximum atomic E-state index is 11.8. The average Bonchev–Trinajstić information content (AvgIpc) is 3.92. The van der Waals surface area contributed by atoms with Crippen molar-refractivity contribution < 1.29 is 19.8 Å². The minimum atomic E-state index is -0.961. The van der Waals surface area contributed by atoms with Gasteiger partial charge in [0.15, 0.2) is 0 Å². The molecule has 0 amide bonds. The van der Waals surface area contributed by atoms with Gasteiger partial charge >= 0.3 is 11.9 Å². The van der Waals surface area contributed by atoms with E-state index in [0.29, 0.717) is 0 Å². The van der Waals surface area contributed by atoms with E-state index >= 15 is 0 Å². The van der Waals surface area contributed by atoms with Crippen molar-refractivity contribution in [3.8, 4) is 44.8 Å². The number of benzene rings is 10. The summed E-state index contributed by atoms with van der Waals surface area (Å²) in [6, 6.07) is 80.4. The molecule has 12 aromatic rings. The predicted molar refractivity (Wildman–Crippen MR) is 280 cm³/mol. The molecule has 0 bridgehead atoms. The fourth-order valence-corrected chi connectivity index (χ4v) is 9.85. The summed E-state index contributed by atoms with van der Waals surface area (Å²) in [5, 5.41) is 23.6. The molecule has 0 atom stereocenters. The Hall–Kier alpha value is -9.46. The van der Waals surface area contributed by atoms with Gasteiger partial charge in [0.25, 0.3) is 0 Å². The number of carbonyl (C=O) groups is 2. The number of para-hydroxylation sites is 2. The van der Waals surface area contributed by atoms with Gasteiger partial charge in [0.1, 0.15) is 0 Å². The summed E-state index contributed by atoms with van der Waals surface area (Å²) in [6.07, 6.45) is 0. The summed E-state index contributed by atoms with van der Waals surface area (Å²) in [5.41, 5.74) is 16.1. The van der Waals surface area contributed by atoms with Crippen LogP contribution in [0, 0.1) is 0 Å². The molecule has 7 heteroatoms. The molecular formula is C62H41N3O4. The summed E-state index contributed by atoms with van der Waals surface area (Å²) >= 11 is 0. The minimum Gasteiger partial charge on any atom is -0.478 e. The van der Waals surface area contributed by atoms with E-state index in [9.17, 15) is 19.8 Å². The molecule has 69 heavy (non-hydrogen) atoms. The SMILES string of the molecule is O=C(O)c1ccc(-n2c3ccccc3c3cc(N(c4ccc(-c5ccc(-c6ccc(-c7ccccc7)cc6)cc5)cc4)c4ccc5c(c4)c4ccccc4n5-c4ccc(C(=O)O)cc4)ccc32)cc1. The molecule has 0 aliphatic carbocycles. The lowest BCUT2D eigenvalue weighted by Crippen LogP contribution is -2.10. The summed E-state index contributed by atoms with van der Waals surface area (Å²) in [5.74, 6) is -1.92. The third kappa shape index (κ3) is 7.26. The third-order valence-corrected chi connectivity index (χ3v) is 13.2. The van der Waals surface area contributed by atoms with Gasteiger partial charge in [-0.25, -0.2) is 9.59 Å². The molecule has 0 aliphatic rings. The average molecular weight is 892 g/mol. The number of carboxylic acid groups (broad SMARTS) is 2. The lowest BCUT2D eigenvalue weighted by Gasteiger charge is -2.26. The third-order valence-electron chi connectivity index (χ3n) is 13.2. The first-order chi connectivity index (χ1) is 33.9. The first-order valence-electron chi connectivity index (χ1n) is 22.8. The quantitative estimate of drug-likeness (QED) is 0.143. The van der Waals surface area contributed by atoms with Gasteiger partial charge in [-0.3, -0.25) is 0 Å². The Bertz CT molecular complexity index is 3740. The van der Waals surface area contributed by atoms with Gasteiger partial charge in [0.2, 0.25) is 0 Å². The maximum Gasteiger partial charge on any atom is 0.335 e. The topological polar surface area (TPSA) is 87.7 Å². The molecule has 0 saturated carbocycles. The van der Waals surface area contributed by atoms with Crippen molar-refractivity contribution in [1.29, 1.82) is 0 Å². The molecule has 2 N–H and O–H groups in total. The van der Waals surface area contributed by atoms with Gasteiger partial charge in [0, 0.05) is 50.0 Å². The van der Waals surface area contributed by atoms with E-state index in [4.69, 9.17) is 0 Å². The molecule has 0 fully saturated rings. The van der Waals surface area contributed by atoms with Gasteiger partial charge in [0.05, 0.1) is 33.2 Å². The molecule has 12 rings (SSSR count). The summed E-state index contributed by atoms with van der Waals surface area (Å²) in [7, 11) is 0. The van der Waals surface area contributed by atoms with Crippen molar-refractivity contribution in [3.63, 3.8) is 0 Å². The number of nitrogens with zero attached hydrogens (tertiary/aromatic N) is 3. The monoisotopic (exact) mass is 891 g/mol. The van der Waals surface area contributed by atoms with Gasteiger partial charge in [-0.15, -0.1) is 0 Å². The molecule has 0 radical (unpaired) electrons. The largest absolute Gasteiger partial charge is 0.478 e. The lowest BCUT2D eigenvalue weighted by molar-refractivity contribution is 0.0686. The van der Waals surface area contributed by atoms with Crippen LogP contribution in [0.2, 0.25) is 0 Å². The smallest absolute Gasteiger partial charge is 0.335 e. The molecule has 0 spiro atoms. The van der Waals surface area contributed by atoms with Crippen LogP contribution in [0.4, 0.5) is 17.1 Å².